The van der Waals surface area contributed by atoms with E-state index >= 15 is 0 Å². The van der Waals surface area contributed by atoms with Gasteiger partial charge in [0.25, 0.3) is 5.69 Å². The molecule has 0 saturated heterocycles. The molecule has 3 rings (SSSR count). The van der Waals surface area contributed by atoms with Crippen LogP contribution in [0.2, 0.25) is 0 Å². The molecule has 0 aliphatic carbocycles. The Morgan fingerprint density at radius 2 is 1.96 bits per heavy atom. The lowest BCUT2D eigenvalue weighted by molar-refractivity contribution is -0.385. The lowest BCUT2D eigenvalue weighted by atomic mass is 10.1. The summed E-state index contributed by atoms with van der Waals surface area (Å²) < 4.78 is 5.39. The van der Waals surface area contributed by atoms with Gasteiger partial charge in [0.1, 0.15) is 11.1 Å². The lowest BCUT2D eigenvalue weighted by Gasteiger charge is -2.12. The molecule has 2 aromatic carbocycles. The van der Waals surface area contributed by atoms with Crippen molar-refractivity contribution in [3.05, 3.63) is 81.3 Å². The highest BCUT2D eigenvalue weighted by atomic mass is 32.1. The van der Waals surface area contributed by atoms with Gasteiger partial charge in [0.2, 0.25) is 0 Å². The standard InChI is InChI=1S/C18H14N2O4S/c1-12(14-8-5-9-15(10-14)20(22)23)24-18(21)16-11-25-17(19-16)13-6-3-2-4-7-13/h2-12H,1H3/t12-/m1/s1. The minimum absolute atomic E-state index is 0.0413. The minimum atomic E-state index is -0.616. The number of nitrogens with zero attached hydrogens (tertiary/aromatic N) is 2. The number of hydrogen-bond acceptors (Lipinski definition) is 6. The molecule has 1 heterocycles. The Balaban J connectivity index is 1.73. The van der Waals surface area contributed by atoms with Gasteiger partial charge in [-0.05, 0) is 12.5 Å². The van der Waals surface area contributed by atoms with E-state index < -0.39 is 17.0 Å². The maximum Gasteiger partial charge on any atom is 0.358 e. The predicted molar refractivity (Wildman–Crippen MR) is 94.5 cm³/mol. The van der Waals surface area contributed by atoms with Crippen LogP contribution < -0.4 is 0 Å². The van der Waals surface area contributed by atoms with Crippen LogP contribution in [0.5, 0.6) is 0 Å². The number of aromatic nitrogens is 1. The molecule has 3 aromatic rings. The summed E-state index contributed by atoms with van der Waals surface area (Å²) in [5.74, 6) is -0.558. The second-order valence-electron chi connectivity index (χ2n) is 5.30. The molecule has 0 unspecified atom stereocenters. The van der Waals surface area contributed by atoms with Gasteiger partial charge in [0.15, 0.2) is 5.69 Å². The average Bonchev–Trinajstić information content (AvgIpc) is 3.13. The van der Waals surface area contributed by atoms with Gasteiger partial charge in [-0.25, -0.2) is 9.78 Å². The number of rotatable bonds is 5. The van der Waals surface area contributed by atoms with Gasteiger partial charge < -0.3 is 4.74 Å². The maximum atomic E-state index is 12.3. The van der Waals surface area contributed by atoms with E-state index in [9.17, 15) is 14.9 Å². The summed E-state index contributed by atoms with van der Waals surface area (Å²) in [6.07, 6.45) is -0.616. The highest BCUT2D eigenvalue weighted by Gasteiger charge is 2.18. The fourth-order valence-electron chi connectivity index (χ4n) is 2.26. The van der Waals surface area contributed by atoms with Crippen LogP contribution in [0.4, 0.5) is 5.69 Å². The molecule has 0 saturated carbocycles. The first kappa shape index (κ1) is 16.8. The molecule has 0 bridgehead atoms. The van der Waals surface area contributed by atoms with E-state index in [1.54, 1.807) is 24.4 Å². The number of benzene rings is 2. The van der Waals surface area contributed by atoms with Crippen LogP contribution in [0.25, 0.3) is 10.6 Å². The van der Waals surface area contributed by atoms with Gasteiger partial charge in [0.05, 0.1) is 4.92 Å². The Labute approximate surface area is 147 Å². The molecule has 1 aromatic heterocycles. The van der Waals surface area contributed by atoms with Crippen molar-refractivity contribution in [2.45, 2.75) is 13.0 Å². The van der Waals surface area contributed by atoms with Crippen LogP contribution >= 0.6 is 11.3 Å². The van der Waals surface area contributed by atoms with E-state index in [0.717, 1.165) is 10.6 Å². The summed E-state index contributed by atoms with van der Waals surface area (Å²) in [5, 5.41) is 13.2. The van der Waals surface area contributed by atoms with Gasteiger partial charge >= 0.3 is 5.97 Å². The Morgan fingerprint density at radius 3 is 2.68 bits per heavy atom. The summed E-state index contributed by atoms with van der Waals surface area (Å²) in [6.45, 7) is 1.67. The molecule has 1 atom stereocenters. The second-order valence-corrected chi connectivity index (χ2v) is 6.16. The molecule has 7 heteroatoms. The van der Waals surface area contributed by atoms with E-state index in [-0.39, 0.29) is 11.4 Å². The average molecular weight is 354 g/mol. The minimum Gasteiger partial charge on any atom is -0.453 e. The second kappa shape index (κ2) is 7.23. The number of nitro groups is 1. The summed E-state index contributed by atoms with van der Waals surface area (Å²) in [6, 6.07) is 15.6. The molecular formula is C18H14N2O4S. The van der Waals surface area contributed by atoms with Crippen LogP contribution in [0.15, 0.2) is 60.0 Å². The Bertz CT molecular complexity index is 908. The first-order valence-electron chi connectivity index (χ1n) is 7.51. The quantitative estimate of drug-likeness (QED) is 0.379. The molecule has 0 aliphatic heterocycles. The van der Waals surface area contributed by atoms with Crippen molar-refractivity contribution >= 4 is 23.0 Å². The lowest BCUT2D eigenvalue weighted by Crippen LogP contribution is -2.09. The number of ether oxygens (including phenoxy) is 1. The molecule has 126 valence electrons. The Morgan fingerprint density at radius 1 is 1.20 bits per heavy atom. The fourth-order valence-corrected chi connectivity index (χ4v) is 3.06. The maximum absolute atomic E-state index is 12.3. The van der Waals surface area contributed by atoms with Crippen molar-refractivity contribution in [3.63, 3.8) is 0 Å². The largest absolute Gasteiger partial charge is 0.453 e. The highest BCUT2D eigenvalue weighted by molar-refractivity contribution is 7.13. The van der Waals surface area contributed by atoms with Crippen molar-refractivity contribution < 1.29 is 14.5 Å². The van der Waals surface area contributed by atoms with Gasteiger partial charge in [-0.2, -0.15) is 0 Å². The predicted octanol–water partition coefficient (Wildman–Crippen LogP) is 4.64. The summed E-state index contributed by atoms with van der Waals surface area (Å²) in [5.41, 5.74) is 1.67. The first-order chi connectivity index (χ1) is 12.0. The first-order valence-corrected chi connectivity index (χ1v) is 8.39. The molecule has 0 fully saturated rings. The smallest absolute Gasteiger partial charge is 0.358 e. The summed E-state index contributed by atoms with van der Waals surface area (Å²) >= 11 is 1.36. The SMILES string of the molecule is C[C@@H](OC(=O)c1csc(-c2ccccc2)n1)c1cccc([N+](=O)[O-])c1. The number of esters is 1. The fraction of sp³-hybridized carbons (Fsp3) is 0.111. The van der Waals surface area contributed by atoms with Crippen molar-refractivity contribution in [2.24, 2.45) is 0 Å². The third-order valence-electron chi connectivity index (χ3n) is 3.57. The van der Waals surface area contributed by atoms with Crippen molar-refractivity contribution in [2.75, 3.05) is 0 Å². The number of nitro benzene ring substituents is 1. The highest BCUT2D eigenvalue weighted by Crippen LogP contribution is 2.26. The van der Waals surface area contributed by atoms with Crippen LogP contribution in [0.3, 0.4) is 0 Å². The third kappa shape index (κ3) is 3.89. The third-order valence-corrected chi connectivity index (χ3v) is 4.46. The van der Waals surface area contributed by atoms with E-state index in [0.29, 0.717) is 5.56 Å². The monoisotopic (exact) mass is 354 g/mol. The number of carbonyl (C=O) groups is 1. The number of carbonyl (C=O) groups excluding carboxylic acids is 1. The number of thiazole rings is 1. The van der Waals surface area contributed by atoms with Gasteiger partial charge in [-0.1, -0.05) is 42.5 Å². The van der Waals surface area contributed by atoms with Crippen LogP contribution in [0, 0.1) is 10.1 Å². The van der Waals surface area contributed by atoms with E-state index in [1.165, 1.54) is 23.5 Å². The molecule has 0 N–H and O–H groups in total. The normalized spacial score (nSPS) is 11.7. The van der Waals surface area contributed by atoms with Crippen LogP contribution in [-0.4, -0.2) is 15.9 Å². The Kier molecular flexibility index (Phi) is 4.85. The molecule has 0 spiro atoms. The van der Waals surface area contributed by atoms with E-state index in [4.69, 9.17) is 4.74 Å². The van der Waals surface area contributed by atoms with Crippen molar-refractivity contribution in [3.8, 4) is 10.6 Å². The number of hydrogen-bond donors (Lipinski definition) is 0. The molecule has 0 amide bonds. The zero-order valence-corrected chi connectivity index (χ0v) is 14.1. The summed E-state index contributed by atoms with van der Waals surface area (Å²) in [7, 11) is 0. The van der Waals surface area contributed by atoms with E-state index in [2.05, 4.69) is 4.98 Å². The topological polar surface area (TPSA) is 82.3 Å². The van der Waals surface area contributed by atoms with E-state index in [1.807, 2.05) is 30.3 Å². The molecule has 25 heavy (non-hydrogen) atoms. The number of non-ortho nitro benzene ring substituents is 1. The molecule has 0 aliphatic rings. The zero-order valence-electron chi connectivity index (χ0n) is 13.3. The summed E-state index contributed by atoms with van der Waals surface area (Å²) in [4.78, 5) is 27.0. The van der Waals surface area contributed by atoms with Gasteiger partial charge in [0, 0.05) is 23.1 Å². The van der Waals surface area contributed by atoms with Crippen LogP contribution in [-0.2, 0) is 4.74 Å². The van der Waals surface area contributed by atoms with Crippen molar-refractivity contribution in [1.29, 1.82) is 0 Å². The zero-order chi connectivity index (χ0) is 17.8. The molecule has 0 radical (unpaired) electrons. The van der Waals surface area contributed by atoms with Gasteiger partial charge in [-0.15, -0.1) is 11.3 Å². The van der Waals surface area contributed by atoms with Crippen molar-refractivity contribution in [1.82, 2.24) is 4.98 Å². The van der Waals surface area contributed by atoms with Gasteiger partial charge in [-0.3, -0.25) is 10.1 Å². The van der Waals surface area contributed by atoms with Crippen LogP contribution in [0.1, 0.15) is 29.1 Å². The molecular weight excluding hydrogens is 340 g/mol. The molecule has 6 nitrogen and oxygen atoms in total. The Hall–Kier alpha value is -3.06.